The molecule has 0 bridgehead atoms. The minimum atomic E-state index is -4.19. The highest BCUT2D eigenvalue weighted by Crippen LogP contribution is 2.33. The Morgan fingerprint density at radius 3 is 2.37 bits per heavy atom. The molecule has 0 saturated carbocycles. The number of halogens is 3. The molecule has 0 N–H and O–H groups in total. The topological polar surface area (TPSA) is 29.5 Å². The zero-order valence-electron chi connectivity index (χ0n) is 11.9. The molecule has 1 saturated heterocycles. The molecule has 1 heterocycles. The highest BCUT2D eigenvalue weighted by molar-refractivity contribution is 5.75. The van der Waals surface area contributed by atoms with E-state index in [2.05, 4.69) is 0 Å². The summed E-state index contributed by atoms with van der Waals surface area (Å²) in [7, 11) is 0. The van der Waals surface area contributed by atoms with Crippen molar-refractivity contribution < 1.29 is 22.7 Å². The highest BCUT2D eigenvalue weighted by Gasteiger charge is 2.43. The van der Waals surface area contributed by atoms with Crippen molar-refractivity contribution in [3.8, 4) is 0 Å². The van der Waals surface area contributed by atoms with Crippen LogP contribution in [0.4, 0.5) is 13.2 Å². The Bertz CT molecular complexity index is 323. The third kappa shape index (κ3) is 5.01. The number of rotatable bonds is 2. The second-order valence-electron chi connectivity index (χ2n) is 6.09. The molecule has 2 unspecified atom stereocenters. The van der Waals surface area contributed by atoms with Crippen LogP contribution in [0.2, 0.25) is 0 Å². The van der Waals surface area contributed by atoms with Gasteiger partial charge in [-0.15, -0.1) is 0 Å². The summed E-state index contributed by atoms with van der Waals surface area (Å²) in [5.41, 5.74) is -0.620. The lowest BCUT2D eigenvalue weighted by atomic mass is 9.96. The summed E-state index contributed by atoms with van der Waals surface area (Å²) in [4.78, 5) is 13.4. The van der Waals surface area contributed by atoms with Gasteiger partial charge in [0.25, 0.3) is 0 Å². The molecule has 0 radical (unpaired) electrons. The largest absolute Gasteiger partial charge is 0.459 e. The lowest BCUT2D eigenvalue weighted by molar-refractivity contribution is -0.192. The standard InChI is InChI=1S/C13H22F3NO2/c1-9(11(18)19-12(2,3)4)17-7-5-6-10(8-17)13(14,15)16/h9-10H,5-8H2,1-4H3. The Labute approximate surface area is 112 Å². The second-order valence-corrected chi connectivity index (χ2v) is 6.09. The van der Waals surface area contributed by atoms with Crippen LogP contribution in [0.3, 0.4) is 0 Å². The van der Waals surface area contributed by atoms with E-state index in [0.717, 1.165) is 0 Å². The van der Waals surface area contributed by atoms with Crippen molar-refractivity contribution in [3.63, 3.8) is 0 Å². The maximum atomic E-state index is 12.7. The summed E-state index contributed by atoms with van der Waals surface area (Å²) < 4.78 is 43.3. The Balaban J connectivity index is 2.62. The number of hydrogen-bond donors (Lipinski definition) is 0. The molecule has 1 rings (SSSR count). The van der Waals surface area contributed by atoms with E-state index in [1.54, 1.807) is 32.6 Å². The fourth-order valence-corrected chi connectivity index (χ4v) is 2.16. The minimum absolute atomic E-state index is 0.121. The number of carbonyl (C=O) groups excluding carboxylic acids is 1. The van der Waals surface area contributed by atoms with E-state index >= 15 is 0 Å². The van der Waals surface area contributed by atoms with Crippen molar-refractivity contribution in [3.05, 3.63) is 0 Å². The van der Waals surface area contributed by atoms with E-state index in [4.69, 9.17) is 4.74 Å². The fourth-order valence-electron chi connectivity index (χ4n) is 2.16. The van der Waals surface area contributed by atoms with E-state index in [1.807, 2.05) is 0 Å². The van der Waals surface area contributed by atoms with Crippen LogP contribution < -0.4 is 0 Å². The van der Waals surface area contributed by atoms with E-state index < -0.39 is 29.7 Å². The quantitative estimate of drug-likeness (QED) is 0.729. The van der Waals surface area contributed by atoms with Crippen molar-refractivity contribution in [2.45, 2.75) is 58.4 Å². The number of carbonyl (C=O) groups is 1. The number of alkyl halides is 3. The molecule has 1 aliphatic rings. The summed E-state index contributed by atoms with van der Waals surface area (Å²) >= 11 is 0. The number of ether oxygens (including phenoxy) is 1. The second kappa shape index (κ2) is 5.69. The Hall–Kier alpha value is -0.780. The Morgan fingerprint density at radius 1 is 1.32 bits per heavy atom. The maximum absolute atomic E-state index is 12.7. The first-order valence-corrected chi connectivity index (χ1v) is 6.54. The van der Waals surface area contributed by atoms with Crippen molar-refractivity contribution in [2.24, 2.45) is 5.92 Å². The van der Waals surface area contributed by atoms with Crippen LogP contribution in [0.15, 0.2) is 0 Å². The molecular weight excluding hydrogens is 259 g/mol. The number of esters is 1. The molecule has 0 aliphatic carbocycles. The Morgan fingerprint density at radius 2 is 1.89 bits per heavy atom. The summed E-state index contributed by atoms with van der Waals surface area (Å²) in [6, 6.07) is -0.635. The lowest BCUT2D eigenvalue weighted by Gasteiger charge is -2.37. The van der Waals surface area contributed by atoms with Crippen molar-refractivity contribution in [2.75, 3.05) is 13.1 Å². The Kier molecular flexibility index (Phi) is 4.87. The minimum Gasteiger partial charge on any atom is -0.459 e. The van der Waals surface area contributed by atoms with Crippen LogP contribution in [0.25, 0.3) is 0 Å². The first-order chi connectivity index (χ1) is 8.50. The zero-order valence-corrected chi connectivity index (χ0v) is 11.9. The first-order valence-electron chi connectivity index (χ1n) is 6.54. The van der Waals surface area contributed by atoms with Gasteiger partial charge in [-0.05, 0) is 47.1 Å². The number of nitrogens with zero attached hydrogens (tertiary/aromatic N) is 1. The average Bonchev–Trinajstić information content (AvgIpc) is 2.24. The zero-order chi connectivity index (χ0) is 14.8. The van der Waals surface area contributed by atoms with Crippen LogP contribution in [0.5, 0.6) is 0 Å². The summed E-state index contributed by atoms with van der Waals surface area (Å²) in [6.07, 6.45) is -3.59. The molecule has 3 nitrogen and oxygen atoms in total. The third-order valence-corrected chi connectivity index (χ3v) is 3.21. The molecule has 1 fully saturated rings. The van der Waals surface area contributed by atoms with Gasteiger partial charge >= 0.3 is 12.1 Å². The first kappa shape index (κ1) is 16.3. The SMILES string of the molecule is CC(C(=O)OC(C)(C)C)N1CCCC(C(F)(F)F)C1. The van der Waals surface area contributed by atoms with Gasteiger partial charge in [0.2, 0.25) is 0 Å². The molecule has 0 spiro atoms. The molecule has 0 aromatic carbocycles. The molecule has 2 atom stereocenters. The number of hydrogen-bond acceptors (Lipinski definition) is 3. The van der Waals surface area contributed by atoms with Gasteiger partial charge in [0.05, 0.1) is 5.92 Å². The number of piperidine rings is 1. The summed E-state index contributed by atoms with van der Waals surface area (Å²) in [5, 5.41) is 0. The van der Waals surface area contributed by atoms with Gasteiger partial charge in [0.1, 0.15) is 11.6 Å². The average molecular weight is 281 g/mol. The summed E-state index contributed by atoms with van der Waals surface area (Å²) in [5.74, 6) is -1.80. The van der Waals surface area contributed by atoms with Crippen molar-refractivity contribution in [1.82, 2.24) is 4.90 Å². The van der Waals surface area contributed by atoms with Gasteiger partial charge < -0.3 is 4.74 Å². The third-order valence-electron chi connectivity index (χ3n) is 3.21. The van der Waals surface area contributed by atoms with Gasteiger partial charge in [-0.1, -0.05) is 0 Å². The lowest BCUT2D eigenvalue weighted by Crippen LogP contribution is -2.49. The predicted molar refractivity (Wildman–Crippen MR) is 65.7 cm³/mol. The predicted octanol–water partition coefficient (Wildman–Crippen LogP) is 2.99. The number of likely N-dealkylation sites (tertiary alicyclic amines) is 1. The van der Waals surface area contributed by atoms with Crippen LogP contribution in [0.1, 0.15) is 40.5 Å². The van der Waals surface area contributed by atoms with E-state index in [9.17, 15) is 18.0 Å². The van der Waals surface area contributed by atoms with Crippen LogP contribution in [-0.4, -0.2) is 41.8 Å². The van der Waals surface area contributed by atoms with Crippen molar-refractivity contribution in [1.29, 1.82) is 0 Å². The normalized spacial score (nSPS) is 24.1. The van der Waals surface area contributed by atoms with E-state index in [-0.39, 0.29) is 13.0 Å². The molecule has 0 aromatic rings. The van der Waals surface area contributed by atoms with Crippen molar-refractivity contribution >= 4 is 5.97 Å². The van der Waals surface area contributed by atoms with Gasteiger partial charge in [0, 0.05) is 6.54 Å². The van der Waals surface area contributed by atoms with E-state index in [0.29, 0.717) is 13.0 Å². The maximum Gasteiger partial charge on any atom is 0.393 e. The fraction of sp³-hybridized carbons (Fsp3) is 0.923. The monoisotopic (exact) mass is 281 g/mol. The molecule has 112 valence electrons. The van der Waals surface area contributed by atoms with Gasteiger partial charge in [-0.2, -0.15) is 13.2 Å². The van der Waals surface area contributed by atoms with Gasteiger partial charge in [0.15, 0.2) is 0 Å². The molecule has 0 aromatic heterocycles. The highest BCUT2D eigenvalue weighted by atomic mass is 19.4. The molecular formula is C13H22F3NO2. The van der Waals surface area contributed by atoms with Gasteiger partial charge in [-0.3, -0.25) is 9.69 Å². The van der Waals surface area contributed by atoms with Crippen LogP contribution in [0, 0.1) is 5.92 Å². The van der Waals surface area contributed by atoms with Gasteiger partial charge in [-0.25, -0.2) is 0 Å². The van der Waals surface area contributed by atoms with E-state index in [1.165, 1.54) is 0 Å². The molecule has 1 aliphatic heterocycles. The summed E-state index contributed by atoms with van der Waals surface area (Å²) in [6.45, 7) is 7.22. The molecule has 19 heavy (non-hydrogen) atoms. The molecule has 6 heteroatoms. The smallest absolute Gasteiger partial charge is 0.393 e. The molecule has 0 amide bonds. The van der Waals surface area contributed by atoms with Crippen LogP contribution >= 0.6 is 0 Å². The van der Waals surface area contributed by atoms with Crippen LogP contribution in [-0.2, 0) is 9.53 Å².